The van der Waals surface area contributed by atoms with Crippen molar-refractivity contribution < 1.29 is 21.6 Å². The molecule has 2 aromatic carbocycles. The van der Waals surface area contributed by atoms with Gasteiger partial charge in [0.25, 0.3) is 0 Å². The van der Waals surface area contributed by atoms with Gasteiger partial charge in [0, 0.05) is 5.56 Å². The molecule has 0 saturated carbocycles. The molecule has 130 valence electrons. The maximum atomic E-state index is 13.3. The van der Waals surface area contributed by atoms with Crippen LogP contribution in [-0.2, 0) is 16.2 Å². The van der Waals surface area contributed by atoms with Crippen molar-refractivity contribution in [1.29, 1.82) is 0 Å². The molecule has 0 aliphatic carbocycles. The van der Waals surface area contributed by atoms with Crippen LogP contribution in [0.4, 0.5) is 13.2 Å². The number of rotatable bonds is 3. The van der Waals surface area contributed by atoms with Crippen LogP contribution < -0.4 is 5.14 Å². The predicted molar refractivity (Wildman–Crippen MR) is 85.4 cm³/mol. The monoisotopic (exact) mass is 367 g/mol. The van der Waals surface area contributed by atoms with Gasteiger partial charge in [-0.2, -0.15) is 18.3 Å². The number of hydrogen-bond acceptors (Lipinski definition) is 3. The molecule has 0 unspecified atom stereocenters. The summed E-state index contributed by atoms with van der Waals surface area (Å²) in [5.74, 6) is 0. The van der Waals surface area contributed by atoms with Crippen LogP contribution in [0.5, 0.6) is 0 Å². The molecule has 0 aliphatic heterocycles. The highest BCUT2D eigenvalue weighted by molar-refractivity contribution is 7.89. The number of benzene rings is 2. The molecule has 0 saturated heterocycles. The third-order valence-corrected chi connectivity index (χ3v) is 4.46. The first-order chi connectivity index (χ1) is 11.7. The molecule has 0 spiro atoms. The molecule has 5 nitrogen and oxygen atoms in total. The Morgan fingerprint density at radius 3 is 2.08 bits per heavy atom. The lowest BCUT2D eigenvalue weighted by Crippen LogP contribution is -2.12. The van der Waals surface area contributed by atoms with E-state index >= 15 is 0 Å². The Morgan fingerprint density at radius 2 is 1.56 bits per heavy atom. The van der Waals surface area contributed by atoms with Crippen molar-refractivity contribution in [1.82, 2.24) is 9.78 Å². The summed E-state index contributed by atoms with van der Waals surface area (Å²) in [7, 11) is -3.89. The first kappa shape index (κ1) is 17.2. The summed E-state index contributed by atoms with van der Waals surface area (Å²) in [6.45, 7) is 0. The average Bonchev–Trinajstić information content (AvgIpc) is 3.00. The van der Waals surface area contributed by atoms with Gasteiger partial charge in [0.2, 0.25) is 10.0 Å². The summed E-state index contributed by atoms with van der Waals surface area (Å²) >= 11 is 0. The van der Waals surface area contributed by atoms with Crippen LogP contribution in [0.2, 0.25) is 0 Å². The number of hydrogen-bond donors (Lipinski definition) is 1. The zero-order valence-electron chi connectivity index (χ0n) is 12.6. The minimum absolute atomic E-state index is 0.128. The van der Waals surface area contributed by atoms with E-state index in [-0.39, 0.29) is 16.3 Å². The van der Waals surface area contributed by atoms with Gasteiger partial charge in [-0.05, 0) is 24.3 Å². The zero-order chi connectivity index (χ0) is 18.2. The highest BCUT2D eigenvalue weighted by Crippen LogP contribution is 2.38. The summed E-state index contributed by atoms with van der Waals surface area (Å²) in [4.78, 5) is -0.138. The second-order valence-electron chi connectivity index (χ2n) is 5.22. The van der Waals surface area contributed by atoms with Crippen LogP contribution in [0.3, 0.4) is 0 Å². The minimum atomic E-state index is -4.58. The van der Waals surface area contributed by atoms with Crippen molar-refractivity contribution in [2.45, 2.75) is 11.1 Å². The first-order valence-electron chi connectivity index (χ1n) is 7.02. The maximum Gasteiger partial charge on any atom is 0.420 e. The maximum absolute atomic E-state index is 13.3. The van der Waals surface area contributed by atoms with Gasteiger partial charge < -0.3 is 0 Å². The summed E-state index contributed by atoms with van der Waals surface area (Å²) < 4.78 is 63.7. The zero-order valence-corrected chi connectivity index (χ0v) is 13.4. The van der Waals surface area contributed by atoms with Crippen molar-refractivity contribution in [2.75, 3.05) is 0 Å². The van der Waals surface area contributed by atoms with Gasteiger partial charge in [-0.25, -0.2) is 18.2 Å². The molecule has 9 heteroatoms. The number of sulfonamides is 1. The van der Waals surface area contributed by atoms with E-state index in [1.165, 1.54) is 24.3 Å². The van der Waals surface area contributed by atoms with Crippen LogP contribution in [0.1, 0.15) is 5.56 Å². The fourth-order valence-electron chi connectivity index (χ4n) is 2.40. The molecule has 0 fully saturated rings. The highest BCUT2D eigenvalue weighted by Gasteiger charge is 2.37. The largest absolute Gasteiger partial charge is 0.420 e. The molecule has 0 radical (unpaired) electrons. The van der Waals surface area contributed by atoms with Crippen LogP contribution in [0.15, 0.2) is 65.7 Å². The summed E-state index contributed by atoms with van der Waals surface area (Å²) in [5.41, 5.74) is -0.393. The van der Waals surface area contributed by atoms with E-state index in [2.05, 4.69) is 5.10 Å². The van der Waals surface area contributed by atoms with Gasteiger partial charge in [0.1, 0.15) is 5.56 Å². The quantitative estimate of drug-likeness (QED) is 0.772. The second kappa shape index (κ2) is 6.01. The van der Waals surface area contributed by atoms with Gasteiger partial charge in [0.05, 0.1) is 22.5 Å². The lowest BCUT2D eigenvalue weighted by Gasteiger charge is -2.12. The molecule has 1 aromatic heterocycles. The minimum Gasteiger partial charge on any atom is -0.232 e. The number of nitrogens with zero attached hydrogens (tertiary/aromatic N) is 2. The van der Waals surface area contributed by atoms with Crippen molar-refractivity contribution in [3.63, 3.8) is 0 Å². The molecule has 1 heterocycles. The Labute approximate surface area is 141 Å². The van der Waals surface area contributed by atoms with Crippen LogP contribution in [-0.4, -0.2) is 18.2 Å². The van der Waals surface area contributed by atoms with Crippen LogP contribution >= 0.6 is 0 Å². The fourth-order valence-corrected chi connectivity index (χ4v) is 2.92. The molecule has 0 aliphatic rings. The van der Waals surface area contributed by atoms with Gasteiger partial charge in [0.15, 0.2) is 0 Å². The third kappa shape index (κ3) is 3.42. The third-order valence-electron chi connectivity index (χ3n) is 3.53. The van der Waals surface area contributed by atoms with Gasteiger partial charge in [-0.3, -0.25) is 0 Å². The van der Waals surface area contributed by atoms with E-state index in [1.807, 2.05) is 0 Å². The smallest absolute Gasteiger partial charge is 0.232 e. The summed E-state index contributed by atoms with van der Waals surface area (Å²) in [5, 5.41) is 8.87. The van der Waals surface area contributed by atoms with Crippen LogP contribution in [0.25, 0.3) is 16.9 Å². The lowest BCUT2D eigenvalue weighted by molar-refractivity contribution is -0.137. The molecule has 0 amide bonds. The number of nitrogens with two attached hydrogens (primary N) is 1. The molecule has 25 heavy (non-hydrogen) atoms. The normalized spacial score (nSPS) is 12.3. The molecule has 2 N–H and O–H groups in total. The first-order valence-corrected chi connectivity index (χ1v) is 8.56. The van der Waals surface area contributed by atoms with Crippen molar-refractivity contribution >= 4 is 10.0 Å². The highest BCUT2D eigenvalue weighted by atomic mass is 32.2. The number of halogens is 3. The van der Waals surface area contributed by atoms with Gasteiger partial charge in [-0.1, -0.05) is 30.3 Å². The molecule has 0 bridgehead atoms. The Hall–Kier alpha value is -2.65. The van der Waals surface area contributed by atoms with Crippen molar-refractivity contribution in [2.24, 2.45) is 5.14 Å². The summed E-state index contributed by atoms with van der Waals surface area (Å²) in [6, 6.07) is 13.1. The van der Waals surface area contributed by atoms with Crippen molar-refractivity contribution in [3.8, 4) is 16.9 Å². The van der Waals surface area contributed by atoms with Gasteiger partial charge in [-0.15, -0.1) is 0 Å². The van der Waals surface area contributed by atoms with Crippen LogP contribution in [0, 0.1) is 0 Å². The van der Waals surface area contributed by atoms with E-state index in [1.54, 1.807) is 30.3 Å². The Bertz CT molecular complexity index is 995. The standard InChI is InChI=1S/C16H12F3N3O2S/c17-16(18,19)14-10-21-22(15(14)11-4-2-1-3-5-11)12-6-8-13(9-7-12)25(20,23)24/h1-10H,(H2,20,23,24). The van der Waals surface area contributed by atoms with E-state index in [0.717, 1.165) is 10.9 Å². The van der Waals surface area contributed by atoms with Gasteiger partial charge >= 0.3 is 6.18 Å². The second-order valence-corrected chi connectivity index (χ2v) is 6.78. The topological polar surface area (TPSA) is 78.0 Å². The number of primary sulfonamides is 1. The number of alkyl halides is 3. The molecule has 0 atom stereocenters. The van der Waals surface area contributed by atoms with E-state index in [0.29, 0.717) is 5.56 Å². The van der Waals surface area contributed by atoms with E-state index in [9.17, 15) is 21.6 Å². The van der Waals surface area contributed by atoms with E-state index in [4.69, 9.17) is 5.14 Å². The predicted octanol–water partition coefficient (Wildman–Crippen LogP) is 3.21. The van der Waals surface area contributed by atoms with Crippen molar-refractivity contribution in [3.05, 3.63) is 66.4 Å². The average molecular weight is 367 g/mol. The fraction of sp³-hybridized carbons (Fsp3) is 0.0625. The molecule has 3 rings (SSSR count). The lowest BCUT2D eigenvalue weighted by atomic mass is 10.1. The summed E-state index contributed by atoms with van der Waals surface area (Å²) in [6.07, 6.45) is -3.83. The Balaban J connectivity index is 2.19. The Morgan fingerprint density at radius 1 is 0.960 bits per heavy atom. The SMILES string of the molecule is NS(=O)(=O)c1ccc(-n2ncc(C(F)(F)F)c2-c2ccccc2)cc1. The molecular formula is C16H12F3N3O2S. The number of aromatic nitrogens is 2. The Kier molecular flexibility index (Phi) is 4.13. The molecule has 3 aromatic rings. The van der Waals surface area contributed by atoms with E-state index < -0.39 is 21.8 Å². The molecular weight excluding hydrogens is 355 g/mol.